The molecule has 0 saturated heterocycles. The molecular formula is C23H22ClN3O. The Hall–Kier alpha value is -3.03. The van der Waals surface area contributed by atoms with E-state index in [1.165, 1.54) is 0 Å². The first-order chi connectivity index (χ1) is 13.4. The number of fused-ring (bicyclic) bond motifs is 1. The molecule has 3 aromatic rings. The third kappa shape index (κ3) is 3.95. The quantitative estimate of drug-likeness (QED) is 0.420. The zero-order valence-corrected chi connectivity index (χ0v) is 16.9. The summed E-state index contributed by atoms with van der Waals surface area (Å²) >= 11 is 6.02. The van der Waals surface area contributed by atoms with Crippen LogP contribution in [0.25, 0.3) is 17.0 Å². The molecule has 0 saturated carbocycles. The van der Waals surface area contributed by atoms with Crippen LogP contribution in [0.1, 0.15) is 37.4 Å². The smallest absolute Gasteiger partial charge is 0.266 e. The molecule has 0 aliphatic carbocycles. The Morgan fingerprint density at radius 2 is 2.07 bits per heavy atom. The van der Waals surface area contributed by atoms with Crippen LogP contribution in [-0.2, 0) is 4.79 Å². The number of hydrogen-bond donors (Lipinski definition) is 1. The van der Waals surface area contributed by atoms with Gasteiger partial charge in [-0.15, -0.1) is 0 Å². The van der Waals surface area contributed by atoms with E-state index in [9.17, 15) is 10.1 Å². The van der Waals surface area contributed by atoms with E-state index in [0.717, 1.165) is 28.5 Å². The van der Waals surface area contributed by atoms with Crippen molar-refractivity contribution in [3.63, 3.8) is 0 Å². The second-order valence-electron chi connectivity index (χ2n) is 6.85. The van der Waals surface area contributed by atoms with Gasteiger partial charge in [0, 0.05) is 39.4 Å². The van der Waals surface area contributed by atoms with E-state index >= 15 is 0 Å². The molecular weight excluding hydrogens is 370 g/mol. The number of hydrogen-bond acceptors (Lipinski definition) is 2. The summed E-state index contributed by atoms with van der Waals surface area (Å²) in [6.07, 6.45) is 4.64. The predicted octanol–water partition coefficient (Wildman–Crippen LogP) is 6.12. The maximum Gasteiger partial charge on any atom is 0.266 e. The average molecular weight is 392 g/mol. The fraction of sp³-hybridized carbons (Fsp3) is 0.217. The van der Waals surface area contributed by atoms with Gasteiger partial charge in [0.1, 0.15) is 11.6 Å². The Kier molecular flexibility index (Phi) is 5.87. The molecule has 2 aromatic carbocycles. The lowest BCUT2D eigenvalue weighted by molar-refractivity contribution is -0.112. The topological polar surface area (TPSA) is 57.8 Å². The molecule has 1 N–H and O–H groups in total. The third-order valence-electron chi connectivity index (χ3n) is 4.95. The van der Waals surface area contributed by atoms with Gasteiger partial charge in [0.2, 0.25) is 0 Å². The molecule has 0 aliphatic heterocycles. The first kappa shape index (κ1) is 19.7. The largest absolute Gasteiger partial charge is 0.344 e. The maximum absolute atomic E-state index is 12.7. The minimum Gasteiger partial charge on any atom is -0.344 e. The van der Waals surface area contributed by atoms with Gasteiger partial charge in [-0.05, 0) is 50.1 Å². The number of carbonyl (C=O) groups is 1. The molecule has 0 fully saturated rings. The van der Waals surface area contributed by atoms with Crippen LogP contribution in [0.15, 0.2) is 54.2 Å². The predicted molar refractivity (Wildman–Crippen MR) is 115 cm³/mol. The summed E-state index contributed by atoms with van der Waals surface area (Å²) in [7, 11) is 0. The Morgan fingerprint density at radius 3 is 2.79 bits per heavy atom. The molecule has 0 aliphatic rings. The molecule has 5 heteroatoms. The SMILES string of the molecule is CCC(C)n1cc(/C=C(/C#N)C(=O)Nc2cc(Cl)ccc2C)c2ccccc21. The molecule has 28 heavy (non-hydrogen) atoms. The van der Waals surface area contributed by atoms with Crippen LogP contribution in [0.3, 0.4) is 0 Å². The molecule has 1 amide bonds. The van der Waals surface area contributed by atoms with Crippen LogP contribution < -0.4 is 5.32 Å². The second kappa shape index (κ2) is 8.33. The van der Waals surface area contributed by atoms with E-state index in [4.69, 9.17) is 11.6 Å². The summed E-state index contributed by atoms with van der Waals surface area (Å²) in [5.74, 6) is -0.451. The fourth-order valence-corrected chi connectivity index (χ4v) is 3.30. The fourth-order valence-electron chi connectivity index (χ4n) is 3.13. The summed E-state index contributed by atoms with van der Waals surface area (Å²) < 4.78 is 2.19. The van der Waals surface area contributed by atoms with Crippen LogP contribution in [-0.4, -0.2) is 10.5 Å². The van der Waals surface area contributed by atoms with Crippen molar-refractivity contribution in [3.8, 4) is 6.07 Å². The molecule has 0 bridgehead atoms. The van der Waals surface area contributed by atoms with Crippen molar-refractivity contribution in [2.45, 2.75) is 33.2 Å². The van der Waals surface area contributed by atoms with Crippen molar-refractivity contribution in [2.75, 3.05) is 5.32 Å². The van der Waals surface area contributed by atoms with Gasteiger partial charge >= 0.3 is 0 Å². The van der Waals surface area contributed by atoms with Crippen molar-refractivity contribution in [2.24, 2.45) is 0 Å². The zero-order valence-electron chi connectivity index (χ0n) is 16.2. The van der Waals surface area contributed by atoms with Crippen molar-refractivity contribution in [1.82, 2.24) is 4.57 Å². The summed E-state index contributed by atoms with van der Waals surface area (Å²) in [4.78, 5) is 12.7. The van der Waals surface area contributed by atoms with Gasteiger partial charge < -0.3 is 9.88 Å². The molecule has 142 valence electrons. The first-order valence-electron chi connectivity index (χ1n) is 9.23. The highest BCUT2D eigenvalue weighted by Gasteiger charge is 2.15. The van der Waals surface area contributed by atoms with Gasteiger partial charge in [0.25, 0.3) is 5.91 Å². The summed E-state index contributed by atoms with van der Waals surface area (Å²) in [5.41, 5.74) is 3.47. The van der Waals surface area contributed by atoms with Gasteiger partial charge in [0.15, 0.2) is 0 Å². The van der Waals surface area contributed by atoms with Gasteiger partial charge in [-0.2, -0.15) is 5.26 Å². The van der Waals surface area contributed by atoms with E-state index < -0.39 is 5.91 Å². The summed E-state index contributed by atoms with van der Waals surface area (Å²) in [6, 6.07) is 15.6. The van der Waals surface area contributed by atoms with Crippen LogP contribution in [0.4, 0.5) is 5.69 Å². The molecule has 3 rings (SSSR count). The number of nitrogens with zero attached hydrogens (tertiary/aromatic N) is 2. The van der Waals surface area contributed by atoms with E-state index in [-0.39, 0.29) is 5.57 Å². The van der Waals surface area contributed by atoms with Gasteiger partial charge in [-0.25, -0.2) is 0 Å². The minimum absolute atomic E-state index is 0.0476. The molecule has 1 unspecified atom stereocenters. The Labute approximate surface area is 170 Å². The number of aryl methyl sites for hydroxylation is 1. The highest BCUT2D eigenvalue weighted by Crippen LogP contribution is 2.28. The average Bonchev–Trinajstić information content (AvgIpc) is 3.06. The highest BCUT2D eigenvalue weighted by atomic mass is 35.5. The lowest BCUT2D eigenvalue weighted by atomic mass is 10.1. The number of aromatic nitrogens is 1. The van der Waals surface area contributed by atoms with Crippen LogP contribution in [0.2, 0.25) is 5.02 Å². The highest BCUT2D eigenvalue weighted by molar-refractivity contribution is 6.31. The van der Waals surface area contributed by atoms with Crippen molar-refractivity contribution < 1.29 is 4.79 Å². The Bertz CT molecular complexity index is 1100. The van der Waals surface area contributed by atoms with Gasteiger partial charge in [-0.3, -0.25) is 4.79 Å². The number of benzene rings is 2. The van der Waals surface area contributed by atoms with Gasteiger partial charge in [0.05, 0.1) is 0 Å². The molecule has 0 radical (unpaired) electrons. The van der Waals surface area contributed by atoms with E-state index in [0.29, 0.717) is 16.8 Å². The first-order valence-corrected chi connectivity index (χ1v) is 9.61. The van der Waals surface area contributed by atoms with Crippen molar-refractivity contribution in [1.29, 1.82) is 5.26 Å². The number of carbonyl (C=O) groups excluding carboxylic acids is 1. The molecule has 0 spiro atoms. The van der Waals surface area contributed by atoms with E-state index in [1.807, 2.05) is 43.5 Å². The molecule has 1 aromatic heterocycles. The molecule has 1 atom stereocenters. The van der Waals surface area contributed by atoms with E-state index in [2.05, 4.69) is 29.8 Å². The second-order valence-corrected chi connectivity index (χ2v) is 7.29. The van der Waals surface area contributed by atoms with Crippen molar-refractivity contribution >= 4 is 40.2 Å². The summed E-state index contributed by atoms with van der Waals surface area (Å²) in [5, 5.41) is 13.9. The normalized spacial score (nSPS) is 12.6. The lowest BCUT2D eigenvalue weighted by Gasteiger charge is -2.12. The number of nitrogens with one attached hydrogen (secondary N) is 1. The van der Waals surface area contributed by atoms with Crippen LogP contribution in [0.5, 0.6) is 0 Å². The Morgan fingerprint density at radius 1 is 1.32 bits per heavy atom. The van der Waals surface area contributed by atoms with Gasteiger partial charge in [-0.1, -0.05) is 42.8 Å². The molecule has 4 nitrogen and oxygen atoms in total. The van der Waals surface area contributed by atoms with Crippen LogP contribution in [0, 0.1) is 18.3 Å². The minimum atomic E-state index is -0.451. The van der Waals surface area contributed by atoms with Crippen LogP contribution >= 0.6 is 11.6 Å². The standard InChI is InChI=1S/C23H22ClN3O/c1-4-16(3)27-14-18(20-7-5-6-8-22(20)27)11-17(13-25)23(28)26-21-12-19(24)10-9-15(21)2/h5-12,14,16H,4H2,1-3H3,(H,26,28)/b17-11-. The molecule has 1 heterocycles. The number of rotatable bonds is 5. The maximum atomic E-state index is 12.7. The Balaban J connectivity index is 2.00. The third-order valence-corrected chi connectivity index (χ3v) is 5.18. The van der Waals surface area contributed by atoms with Crippen molar-refractivity contribution in [3.05, 3.63) is 70.4 Å². The number of para-hydroxylation sites is 1. The number of nitriles is 1. The number of amides is 1. The van der Waals surface area contributed by atoms with E-state index in [1.54, 1.807) is 18.2 Å². The summed E-state index contributed by atoms with van der Waals surface area (Å²) in [6.45, 7) is 6.16. The number of anilines is 1. The number of halogens is 1. The zero-order chi connectivity index (χ0) is 20.3. The monoisotopic (exact) mass is 391 g/mol. The lowest BCUT2D eigenvalue weighted by Crippen LogP contribution is -2.14.